The molecule has 0 saturated carbocycles. The smallest absolute Gasteiger partial charge is 0.344 e. The number of halogens is 1. The highest BCUT2D eigenvalue weighted by molar-refractivity contribution is 6.01. The second-order valence-corrected chi connectivity index (χ2v) is 7.50. The maximum absolute atomic E-state index is 13.5. The number of rotatable bonds is 7. The summed E-state index contributed by atoms with van der Waals surface area (Å²) in [6.45, 7) is 6.32. The second-order valence-electron chi connectivity index (χ2n) is 7.50. The summed E-state index contributed by atoms with van der Waals surface area (Å²) in [7, 11) is 0. The highest BCUT2D eigenvalue weighted by Gasteiger charge is 2.22. The van der Waals surface area contributed by atoms with E-state index in [1.54, 1.807) is 51.1 Å². The number of amides is 1. The highest BCUT2D eigenvalue weighted by Crippen LogP contribution is 2.19. The van der Waals surface area contributed by atoms with E-state index in [9.17, 15) is 18.8 Å². The topological polar surface area (TPSA) is 81.7 Å². The Bertz CT molecular complexity index is 887. The van der Waals surface area contributed by atoms with E-state index in [-0.39, 0.29) is 11.7 Å². The van der Waals surface area contributed by atoms with E-state index in [0.29, 0.717) is 11.3 Å². The van der Waals surface area contributed by atoms with Crippen LogP contribution in [0.3, 0.4) is 0 Å². The lowest BCUT2D eigenvalue weighted by Crippen LogP contribution is -2.28. The predicted octanol–water partition coefficient (Wildman–Crippen LogP) is 4.00. The SMILES string of the molecule is C[C@@H](OC(=O)COc1ccccc1F)C(=O)c1ccc(NC(=O)C(C)(C)C)cc1. The minimum atomic E-state index is -1.04. The molecule has 0 radical (unpaired) electrons. The van der Waals surface area contributed by atoms with Gasteiger partial charge in [0, 0.05) is 16.7 Å². The molecular weight excluding hydrogens is 377 g/mol. The average Bonchev–Trinajstić information content (AvgIpc) is 2.66. The molecule has 29 heavy (non-hydrogen) atoms. The number of Topliss-reactive ketones (excluding diaryl/α,β-unsaturated/α-hetero) is 1. The number of anilines is 1. The van der Waals surface area contributed by atoms with Crippen molar-refractivity contribution in [2.75, 3.05) is 11.9 Å². The van der Waals surface area contributed by atoms with Gasteiger partial charge in [-0.05, 0) is 43.3 Å². The molecule has 1 N–H and O–H groups in total. The summed E-state index contributed by atoms with van der Waals surface area (Å²) in [6.07, 6.45) is -1.04. The van der Waals surface area contributed by atoms with Gasteiger partial charge in [0.1, 0.15) is 0 Å². The van der Waals surface area contributed by atoms with Crippen LogP contribution in [0.4, 0.5) is 10.1 Å². The maximum atomic E-state index is 13.5. The Morgan fingerprint density at radius 2 is 1.66 bits per heavy atom. The molecule has 0 unspecified atom stereocenters. The number of benzene rings is 2. The first-order valence-corrected chi connectivity index (χ1v) is 9.10. The number of ether oxygens (including phenoxy) is 2. The zero-order valence-corrected chi connectivity index (χ0v) is 16.8. The summed E-state index contributed by atoms with van der Waals surface area (Å²) in [5, 5.41) is 2.76. The molecule has 6 nitrogen and oxygen atoms in total. The van der Waals surface area contributed by atoms with Crippen molar-refractivity contribution >= 4 is 23.3 Å². The Kier molecular flexibility index (Phi) is 7.09. The van der Waals surface area contributed by atoms with Crippen LogP contribution in [0.15, 0.2) is 48.5 Å². The summed E-state index contributed by atoms with van der Waals surface area (Å²) < 4.78 is 23.6. The molecule has 154 valence electrons. The van der Waals surface area contributed by atoms with Gasteiger partial charge in [-0.2, -0.15) is 0 Å². The molecule has 0 aliphatic carbocycles. The Morgan fingerprint density at radius 3 is 2.24 bits per heavy atom. The third-order valence-electron chi connectivity index (χ3n) is 3.97. The molecule has 1 atom stereocenters. The Hall–Kier alpha value is -3.22. The molecule has 0 aliphatic rings. The normalized spacial score (nSPS) is 12.0. The number of nitrogens with one attached hydrogen (secondary N) is 1. The number of esters is 1. The van der Waals surface area contributed by atoms with Gasteiger partial charge in [-0.15, -0.1) is 0 Å². The van der Waals surface area contributed by atoms with Crippen LogP contribution in [-0.4, -0.2) is 30.4 Å². The molecular formula is C22H24FNO5. The van der Waals surface area contributed by atoms with E-state index < -0.39 is 35.7 Å². The summed E-state index contributed by atoms with van der Waals surface area (Å²) in [5.74, 6) is -2.01. The molecule has 0 heterocycles. The van der Waals surface area contributed by atoms with Crippen molar-refractivity contribution in [1.82, 2.24) is 0 Å². The number of carbonyl (C=O) groups excluding carboxylic acids is 3. The van der Waals surface area contributed by atoms with Crippen molar-refractivity contribution in [2.45, 2.75) is 33.8 Å². The van der Waals surface area contributed by atoms with Gasteiger partial charge < -0.3 is 14.8 Å². The van der Waals surface area contributed by atoms with Crippen molar-refractivity contribution < 1.29 is 28.2 Å². The highest BCUT2D eigenvalue weighted by atomic mass is 19.1. The molecule has 0 aromatic heterocycles. The van der Waals surface area contributed by atoms with Crippen LogP contribution in [-0.2, 0) is 14.3 Å². The molecule has 0 bridgehead atoms. The predicted molar refractivity (Wildman–Crippen MR) is 106 cm³/mol. The lowest BCUT2D eigenvalue weighted by Gasteiger charge is -2.18. The lowest BCUT2D eigenvalue weighted by atomic mass is 9.95. The zero-order chi connectivity index (χ0) is 21.6. The molecule has 0 spiro atoms. The van der Waals surface area contributed by atoms with Crippen LogP contribution in [0.2, 0.25) is 0 Å². The number of carbonyl (C=O) groups is 3. The van der Waals surface area contributed by atoms with Crippen molar-refractivity contribution in [2.24, 2.45) is 5.41 Å². The molecule has 2 aromatic carbocycles. The molecule has 7 heteroatoms. The van der Waals surface area contributed by atoms with Gasteiger partial charge >= 0.3 is 5.97 Å². The first kappa shape index (κ1) is 22.1. The fourth-order valence-electron chi connectivity index (χ4n) is 2.25. The quantitative estimate of drug-likeness (QED) is 0.560. The third-order valence-corrected chi connectivity index (χ3v) is 3.97. The van der Waals surface area contributed by atoms with Gasteiger partial charge in [-0.25, -0.2) is 9.18 Å². The molecule has 2 aromatic rings. The molecule has 2 rings (SSSR count). The average molecular weight is 401 g/mol. The minimum Gasteiger partial charge on any atom is -0.479 e. The number of para-hydroxylation sites is 1. The van der Waals surface area contributed by atoms with Crippen LogP contribution in [0.25, 0.3) is 0 Å². The standard InChI is InChI=1S/C22H24FNO5/c1-14(29-19(25)13-28-18-8-6-5-7-17(18)23)20(26)15-9-11-16(12-10-15)24-21(27)22(2,3)4/h5-12,14H,13H2,1-4H3,(H,24,27)/t14-/m1/s1. The van der Waals surface area contributed by atoms with Crippen molar-refractivity contribution in [3.63, 3.8) is 0 Å². The van der Waals surface area contributed by atoms with E-state index in [4.69, 9.17) is 9.47 Å². The summed E-state index contributed by atoms with van der Waals surface area (Å²) in [6, 6.07) is 12.0. The van der Waals surface area contributed by atoms with Crippen molar-refractivity contribution in [3.05, 3.63) is 59.9 Å². The van der Waals surface area contributed by atoms with Gasteiger partial charge in [-0.1, -0.05) is 32.9 Å². The van der Waals surface area contributed by atoms with Crippen LogP contribution in [0, 0.1) is 11.2 Å². The maximum Gasteiger partial charge on any atom is 0.344 e. The summed E-state index contributed by atoms with van der Waals surface area (Å²) in [4.78, 5) is 36.3. The van der Waals surface area contributed by atoms with Crippen LogP contribution in [0.5, 0.6) is 5.75 Å². The number of ketones is 1. The van der Waals surface area contributed by atoms with E-state index in [2.05, 4.69) is 5.32 Å². The first-order valence-electron chi connectivity index (χ1n) is 9.10. The van der Waals surface area contributed by atoms with Crippen LogP contribution >= 0.6 is 0 Å². The van der Waals surface area contributed by atoms with Gasteiger partial charge in [0.15, 0.2) is 24.3 Å². The molecule has 0 fully saturated rings. The largest absolute Gasteiger partial charge is 0.479 e. The van der Waals surface area contributed by atoms with Gasteiger partial charge in [0.25, 0.3) is 0 Å². The van der Waals surface area contributed by atoms with Crippen molar-refractivity contribution in [1.29, 1.82) is 0 Å². The number of hydrogen-bond acceptors (Lipinski definition) is 5. The summed E-state index contributed by atoms with van der Waals surface area (Å²) in [5.41, 5.74) is 0.348. The van der Waals surface area contributed by atoms with Gasteiger partial charge in [0.05, 0.1) is 0 Å². The fourth-order valence-corrected chi connectivity index (χ4v) is 2.25. The van der Waals surface area contributed by atoms with Crippen LogP contribution in [0.1, 0.15) is 38.1 Å². The van der Waals surface area contributed by atoms with E-state index in [1.807, 2.05) is 0 Å². The zero-order valence-electron chi connectivity index (χ0n) is 16.8. The lowest BCUT2D eigenvalue weighted by molar-refractivity contribution is -0.148. The Balaban J connectivity index is 1.89. The first-order chi connectivity index (χ1) is 13.6. The van der Waals surface area contributed by atoms with Gasteiger partial charge in [-0.3, -0.25) is 9.59 Å². The molecule has 0 saturated heterocycles. The fraction of sp³-hybridized carbons (Fsp3) is 0.318. The Labute approximate surface area is 169 Å². The third kappa shape index (κ3) is 6.41. The van der Waals surface area contributed by atoms with Gasteiger partial charge in [0.2, 0.25) is 11.7 Å². The van der Waals surface area contributed by atoms with E-state index in [1.165, 1.54) is 25.1 Å². The molecule has 0 aliphatic heterocycles. The van der Waals surface area contributed by atoms with Crippen molar-refractivity contribution in [3.8, 4) is 5.75 Å². The van der Waals surface area contributed by atoms with Crippen LogP contribution < -0.4 is 10.1 Å². The van der Waals surface area contributed by atoms with E-state index >= 15 is 0 Å². The van der Waals surface area contributed by atoms with E-state index in [0.717, 1.165) is 0 Å². The second kappa shape index (κ2) is 9.32. The Morgan fingerprint density at radius 1 is 1.03 bits per heavy atom. The minimum absolute atomic E-state index is 0.0728. The summed E-state index contributed by atoms with van der Waals surface area (Å²) >= 11 is 0. The monoisotopic (exact) mass is 401 g/mol. The molecule has 1 amide bonds. The number of hydrogen-bond donors (Lipinski definition) is 1.